The van der Waals surface area contributed by atoms with E-state index in [-0.39, 0.29) is 17.1 Å². The Hall–Kier alpha value is -2.59. The highest BCUT2D eigenvalue weighted by Gasteiger charge is 2.38. The average Bonchev–Trinajstić information content (AvgIpc) is 2.86. The summed E-state index contributed by atoms with van der Waals surface area (Å²) in [4.78, 5) is 14.3. The summed E-state index contributed by atoms with van der Waals surface area (Å²) in [5, 5.41) is 5.15. The molecule has 11 heteroatoms. The molecule has 1 aromatic heterocycles. The van der Waals surface area contributed by atoms with Crippen LogP contribution in [0.5, 0.6) is 0 Å². The van der Waals surface area contributed by atoms with E-state index in [1.54, 1.807) is 0 Å². The molecule has 1 heterocycles. The van der Waals surface area contributed by atoms with Crippen LogP contribution in [0.25, 0.3) is 11.4 Å². The Morgan fingerprint density at radius 1 is 1.09 bits per heavy atom. The van der Waals surface area contributed by atoms with Crippen LogP contribution in [0.1, 0.15) is 12.3 Å². The quantitative estimate of drug-likeness (QED) is 0.867. The number of carbonyl (C=O) groups is 1. The van der Waals surface area contributed by atoms with Crippen molar-refractivity contribution >= 4 is 11.6 Å². The van der Waals surface area contributed by atoms with Gasteiger partial charge in [-0.1, -0.05) is 5.16 Å². The zero-order chi connectivity index (χ0) is 17.3. The number of alkyl halides is 6. The van der Waals surface area contributed by atoms with E-state index >= 15 is 0 Å². The molecule has 0 radical (unpaired) electrons. The lowest BCUT2D eigenvalue weighted by Crippen LogP contribution is -2.21. The fourth-order valence-corrected chi connectivity index (χ4v) is 1.55. The van der Waals surface area contributed by atoms with Gasteiger partial charge in [0.1, 0.15) is 6.42 Å². The number of benzene rings is 1. The number of nitrogens with zero attached hydrogens (tertiary/aromatic N) is 2. The van der Waals surface area contributed by atoms with Gasteiger partial charge in [0.15, 0.2) is 0 Å². The fourth-order valence-electron chi connectivity index (χ4n) is 1.55. The van der Waals surface area contributed by atoms with E-state index in [0.29, 0.717) is 0 Å². The molecule has 5 nitrogen and oxygen atoms in total. The third-order valence-electron chi connectivity index (χ3n) is 2.46. The van der Waals surface area contributed by atoms with Crippen molar-refractivity contribution in [2.45, 2.75) is 18.8 Å². The molecule has 2 aromatic rings. The molecular formula is C12H7F6N3O2. The lowest BCUT2D eigenvalue weighted by molar-refractivity contribution is -0.159. The Labute approximate surface area is 124 Å². The lowest BCUT2D eigenvalue weighted by Gasteiger charge is -2.07. The maximum absolute atomic E-state index is 12.3. The summed E-state index contributed by atoms with van der Waals surface area (Å²) >= 11 is 0. The first kappa shape index (κ1) is 16.8. The van der Waals surface area contributed by atoms with Gasteiger partial charge in [0.2, 0.25) is 11.7 Å². The van der Waals surface area contributed by atoms with Crippen LogP contribution in [0.3, 0.4) is 0 Å². The van der Waals surface area contributed by atoms with Crippen molar-refractivity contribution < 1.29 is 35.7 Å². The predicted octanol–water partition coefficient (Wildman–Crippen LogP) is 3.65. The molecule has 0 unspecified atom stereocenters. The number of anilines is 1. The Morgan fingerprint density at radius 3 is 2.17 bits per heavy atom. The van der Waals surface area contributed by atoms with Gasteiger partial charge in [-0.3, -0.25) is 4.79 Å². The first-order chi connectivity index (χ1) is 10.5. The second-order valence-electron chi connectivity index (χ2n) is 4.34. The summed E-state index contributed by atoms with van der Waals surface area (Å²) in [7, 11) is 0. The normalized spacial score (nSPS) is 12.3. The monoisotopic (exact) mass is 339 g/mol. The zero-order valence-electron chi connectivity index (χ0n) is 11.0. The number of carbonyl (C=O) groups excluding carboxylic acids is 1. The van der Waals surface area contributed by atoms with Crippen LogP contribution in [0, 0.1) is 0 Å². The van der Waals surface area contributed by atoms with Crippen molar-refractivity contribution in [2.24, 2.45) is 0 Å². The molecule has 0 spiro atoms. The van der Waals surface area contributed by atoms with Gasteiger partial charge in [0.05, 0.1) is 0 Å². The number of hydrogen-bond donors (Lipinski definition) is 1. The summed E-state index contributed by atoms with van der Waals surface area (Å²) < 4.78 is 77.1. The van der Waals surface area contributed by atoms with Crippen molar-refractivity contribution in [1.29, 1.82) is 0 Å². The molecule has 1 N–H and O–H groups in total. The van der Waals surface area contributed by atoms with E-state index in [9.17, 15) is 31.1 Å². The van der Waals surface area contributed by atoms with Gasteiger partial charge in [-0.2, -0.15) is 31.3 Å². The van der Waals surface area contributed by atoms with Crippen molar-refractivity contribution in [3.8, 4) is 11.4 Å². The summed E-state index contributed by atoms with van der Waals surface area (Å²) in [5.41, 5.74) is 0.181. The van der Waals surface area contributed by atoms with Crippen LogP contribution < -0.4 is 5.32 Å². The van der Waals surface area contributed by atoms with Gasteiger partial charge < -0.3 is 9.84 Å². The lowest BCUT2D eigenvalue weighted by atomic mass is 10.2. The minimum atomic E-state index is -4.78. The topological polar surface area (TPSA) is 68.0 Å². The highest BCUT2D eigenvalue weighted by Crippen LogP contribution is 2.29. The van der Waals surface area contributed by atoms with Crippen molar-refractivity contribution in [3.63, 3.8) is 0 Å². The molecule has 0 saturated heterocycles. The first-order valence-electron chi connectivity index (χ1n) is 5.92. The zero-order valence-corrected chi connectivity index (χ0v) is 11.0. The van der Waals surface area contributed by atoms with E-state index < -0.39 is 30.6 Å². The van der Waals surface area contributed by atoms with Gasteiger partial charge in [-0.25, -0.2) is 0 Å². The molecule has 23 heavy (non-hydrogen) atoms. The molecule has 0 bridgehead atoms. The predicted molar refractivity (Wildman–Crippen MR) is 64.0 cm³/mol. The first-order valence-corrected chi connectivity index (χ1v) is 5.92. The second kappa shape index (κ2) is 5.89. The molecular weight excluding hydrogens is 332 g/mol. The van der Waals surface area contributed by atoms with Gasteiger partial charge in [-0.15, -0.1) is 0 Å². The van der Waals surface area contributed by atoms with Crippen LogP contribution in [0.15, 0.2) is 28.8 Å². The Morgan fingerprint density at radius 2 is 1.70 bits per heavy atom. The Kier molecular flexibility index (Phi) is 4.30. The van der Waals surface area contributed by atoms with Crippen LogP contribution in [-0.2, 0) is 11.0 Å². The number of aromatic nitrogens is 2. The Bertz CT molecular complexity index is 690. The molecule has 2 rings (SSSR count). The van der Waals surface area contributed by atoms with E-state index in [4.69, 9.17) is 0 Å². The molecule has 1 amide bonds. The number of rotatable bonds is 3. The van der Waals surface area contributed by atoms with Gasteiger partial charge in [0, 0.05) is 11.3 Å². The van der Waals surface area contributed by atoms with Crippen LogP contribution in [0.4, 0.5) is 32.0 Å². The fraction of sp³-hybridized carbons (Fsp3) is 0.250. The molecule has 0 atom stereocenters. The van der Waals surface area contributed by atoms with Crippen molar-refractivity contribution in [1.82, 2.24) is 10.1 Å². The summed E-state index contributed by atoms with van der Waals surface area (Å²) in [6.07, 6.45) is -11.1. The highest BCUT2D eigenvalue weighted by atomic mass is 19.4. The summed E-state index contributed by atoms with van der Waals surface area (Å²) in [6, 6.07) is 4.86. The SMILES string of the molecule is O=C(CC(F)(F)F)Nc1ccc(-c2noc(C(F)(F)F)n2)cc1. The molecule has 0 saturated carbocycles. The van der Waals surface area contributed by atoms with Gasteiger partial charge >= 0.3 is 18.2 Å². The third-order valence-corrected chi connectivity index (χ3v) is 2.46. The number of hydrogen-bond acceptors (Lipinski definition) is 4. The molecule has 0 aliphatic heterocycles. The standard InChI is InChI=1S/C12H7F6N3O2/c13-11(14,15)5-8(22)19-7-3-1-6(2-4-7)9-20-10(23-21-9)12(16,17)18/h1-4H,5H2,(H,19,22). The molecule has 0 fully saturated rings. The highest BCUT2D eigenvalue weighted by molar-refractivity contribution is 5.91. The Balaban J connectivity index is 2.08. The van der Waals surface area contributed by atoms with Gasteiger partial charge in [-0.05, 0) is 24.3 Å². The number of nitrogens with one attached hydrogen (secondary N) is 1. The average molecular weight is 339 g/mol. The maximum Gasteiger partial charge on any atom is 0.471 e. The van der Waals surface area contributed by atoms with Crippen LogP contribution in [-0.4, -0.2) is 22.2 Å². The van der Waals surface area contributed by atoms with Crippen molar-refractivity contribution in [3.05, 3.63) is 30.2 Å². The summed E-state index contributed by atoms with van der Waals surface area (Å²) in [6.45, 7) is 0. The number of amides is 1. The minimum Gasteiger partial charge on any atom is -0.329 e. The minimum absolute atomic E-state index is 0.0440. The maximum atomic E-state index is 12.3. The smallest absolute Gasteiger partial charge is 0.329 e. The molecule has 1 aromatic carbocycles. The molecule has 124 valence electrons. The number of halogens is 6. The van der Waals surface area contributed by atoms with Crippen LogP contribution in [0.2, 0.25) is 0 Å². The second-order valence-corrected chi connectivity index (χ2v) is 4.34. The van der Waals surface area contributed by atoms with Gasteiger partial charge in [0.25, 0.3) is 0 Å². The van der Waals surface area contributed by atoms with Crippen LogP contribution >= 0.6 is 0 Å². The molecule has 0 aliphatic rings. The van der Waals surface area contributed by atoms with E-state index in [1.807, 2.05) is 5.32 Å². The van der Waals surface area contributed by atoms with E-state index in [2.05, 4.69) is 14.7 Å². The third kappa shape index (κ3) is 4.69. The molecule has 0 aliphatic carbocycles. The van der Waals surface area contributed by atoms with E-state index in [1.165, 1.54) is 24.3 Å². The largest absolute Gasteiger partial charge is 0.471 e. The van der Waals surface area contributed by atoms with E-state index in [0.717, 1.165) is 0 Å². The van der Waals surface area contributed by atoms with Crippen molar-refractivity contribution in [2.75, 3.05) is 5.32 Å². The summed E-state index contributed by atoms with van der Waals surface area (Å²) in [5.74, 6) is -3.12.